The summed E-state index contributed by atoms with van der Waals surface area (Å²) in [6, 6.07) is 5.55. The zero-order chi connectivity index (χ0) is 13.6. The maximum absolute atomic E-state index is 11.8. The number of hydrogen-bond donors (Lipinski definition) is 3. The molecule has 0 spiro atoms. The number of halogens is 3. The van der Waals surface area contributed by atoms with Crippen LogP contribution < -0.4 is 20.9 Å². The molecule has 0 saturated heterocycles. The first-order valence-corrected chi connectivity index (χ1v) is 4.91. The number of urea groups is 1. The molecule has 0 aromatic heterocycles. The van der Waals surface area contributed by atoms with Crippen molar-refractivity contribution in [1.82, 2.24) is 10.9 Å². The predicted octanol–water partition coefficient (Wildman–Crippen LogP) is 1.88. The summed E-state index contributed by atoms with van der Waals surface area (Å²) >= 11 is 0. The molecular weight excluding hydrogens is 251 g/mol. The first-order chi connectivity index (χ1) is 8.40. The second kappa shape index (κ2) is 6.10. The third-order valence-electron chi connectivity index (χ3n) is 1.84. The zero-order valence-corrected chi connectivity index (χ0v) is 9.47. The summed E-state index contributed by atoms with van der Waals surface area (Å²) in [7, 11) is 1.50. The van der Waals surface area contributed by atoms with E-state index in [0.717, 1.165) is 0 Å². The van der Waals surface area contributed by atoms with Crippen LogP contribution in [-0.2, 0) is 0 Å². The van der Waals surface area contributed by atoms with Gasteiger partial charge in [0.2, 0.25) is 0 Å². The molecule has 2 amide bonds. The van der Waals surface area contributed by atoms with Gasteiger partial charge in [-0.05, 0) is 24.3 Å². The van der Waals surface area contributed by atoms with Crippen LogP contribution in [0.1, 0.15) is 0 Å². The first-order valence-electron chi connectivity index (χ1n) is 4.91. The van der Waals surface area contributed by atoms with Gasteiger partial charge in [0.05, 0.1) is 7.11 Å². The van der Waals surface area contributed by atoms with Gasteiger partial charge in [0.25, 0.3) is 0 Å². The molecule has 8 heteroatoms. The van der Waals surface area contributed by atoms with Gasteiger partial charge in [0.1, 0.15) is 12.3 Å². The normalized spacial score (nSPS) is 10.9. The summed E-state index contributed by atoms with van der Waals surface area (Å²) in [6.45, 7) is -1.30. The molecule has 18 heavy (non-hydrogen) atoms. The lowest BCUT2D eigenvalue weighted by Crippen LogP contribution is -2.44. The van der Waals surface area contributed by atoms with E-state index in [2.05, 4.69) is 5.32 Å². The maximum atomic E-state index is 11.8. The van der Waals surface area contributed by atoms with Crippen molar-refractivity contribution in [2.75, 3.05) is 19.0 Å². The van der Waals surface area contributed by atoms with Crippen LogP contribution in [0.3, 0.4) is 0 Å². The summed E-state index contributed by atoms with van der Waals surface area (Å²) in [4.78, 5) is 11.2. The van der Waals surface area contributed by atoms with E-state index in [1.54, 1.807) is 29.7 Å². The molecule has 0 bridgehead atoms. The molecule has 3 N–H and O–H groups in total. The fraction of sp³-hybridized carbons (Fsp3) is 0.300. The van der Waals surface area contributed by atoms with Crippen LogP contribution in [0.5, 0.6) is 5.75 Å². The number of hydrazine groups is 1. The monoisotopic (exact) mass is 263 g/mol. The van der Waals surface area contributed by atoms with E-state index in [1.165, 1.54) is 7.11 Å². The van der Waals surface area contributed by atoms with Crippen molar-refractivity contribution in [3.05, 3.63) is 24.3 Å². The van der Waals surface area contributed by atoms with Crippen molar-refractivity contribution in [3.8, 4) is 5.75 Å². The Kier molecular flexibility index (Phi) is 4.78. The van der Waals surface area contributed by atoms with Crippen LogP contribution in [0, 0.1) is 0 Å². The van der Waals surface area contributed by atoms with E-state index in [-0.39, 0.29) is 0 Å². The van der Waals surface area contributed by atoms with E-state index in [1.807, 2.05) is 5.43 Å². The average molecular weight is 263 g/mol. The highest BCUT2D eigenvalue weighted by Gasteiger charge is 2.26. The lowest BCUT2D eigenvalue weighted by atomic mass is 10.3. The highest BCUT2D eigenvalue weighted by molar-refractivity contribution is 5.88. The third-order valence-corrected chi connectivity index (χ3v) is 1.84. The maximum Gasteiger partial charge on any atom is 0.402 e. The fourth-order valence-electron chi connectivity index (χ4n) is 1.06. The molecule has 1 aromatic carbocycles. The molecule has 0 atom stereocenters. The van der Waals surface area contributed by atoms with Gasteiger partial charge < -0.3 is 10.1 Å². The van der Waals surface area contributed by atoms with Gasteiger partial charge in [0.15, 0.2) is 0 Å². The Bertz CT molecular complexity index is 392. The van der Waals surface area contributed by atoms with E-state index < -0.39 is 18.8 Å². The Morgan fingerprint density at radius 1 is 1.28 bits per heavy atom. The molecule has 0 aliphatic heterocycles. The summed E-state index contributed by atoms with van der Waals surface area (Å²) < 4.78 is 40.2. The Balaban J connectivity index is 2.35. The molecule has 100 valence electrons. The zero-order valence-electron chi connectivity index (χ0n) is 9.47. The Morgan fingerprint density at radius 2 is 1.89 bits per heavy atom. The lowest BCUT2D eigenvalue weighted by molar-refractivity contribution is -0.125. The topological polar surface area (TPSA) is 62.4 Å². The first kappa shape index (κ1) is 14.1. The number of nitrogens with one attached hydrogen (secondary N) is 3. The molecular formula is C10H12F3N3O2. The quantitative estimate of drug-likeness (QED) is 0.727. The minimum atomic E-state index is -4.38. The van der Waals surface area contributed by atoms with Crippen molar-refractivity contribution in [1.29, 1.82) is 0 Å². The molecule has 0 unspecified atom stereocenters. The van der Waals surface area contributed by atoms with Gasteiger partial charge in [-0.25, -0.2) is 10.2 Å². The molecule has 5 nitrogen and oxygen atoms in total. The largest absolute Gasteiger partial charge is 0.497 e. The highest BCUT2D eigenvalue weighted by Crippen LogP contribution is 2.14. The number of carbonyl (C=O) groups is 1. The SMILES string of the molecule is COc1ccc(NC(=O)NNCC(F)(F)F)cc1. The van der Waals surface area contributed by atoms with Crippen molar-refractivity contribution < 1.29 is 22.7 Å². The Morgan fingerprint density at radius 3 is 2.39 bits per heavy atom. The van der Waals surface area contributed by atoms with Crippen LogP contribution in [0.15, 0.2) is 24.3 Å². The Labute approximate surface area is 101 Å². The fourth-order valence-corrected chi connectivity index (χ4v) is 1.06. The van der Waals surface area contributed by atoms with Gasteiger partial charge in [-0.2, -0.15) is 13.2 Å². The summed E-state index contributed by atoms with van der Waals surface area (Å²) in [5.74, 6) is 0.608. The number of benzene rings is 1. The summed E-state index contributed by atoms with van der Waals surface area (Å²) in [5.41, 5.74) is 4.05. The number of amides is 2. The second-order valence-electron chi connectivity index (χ2n) is 3.28. The van der Waals surface area contributed by atoms with E-state index >= 15 is 0 Å². The number of alkyl halides is 3. The number of hydrogen-bond acceptors (Lipinski definition) is 3. The lowest BCUT2D eigenvalue weighted by Gasteiger charge is -2.10. The van der Waals surface area contributed by atoms with Gasteiger partial charge in [-0.15, -0.1) is 0 Å². The summed E-state index contributed by atoms with van der Waals surface area (Å²) in [5, 5.41) is 2.34. The number of anilines is 1. The van der Waals surface area contributed by atoms with Crippen molar-refractivity contribution in [2.45, 2.75) is 6.18 Å². The van der Waals surface area contributed by atoms with Crippen LogP contribution in [-0.4, -0.2) is 25.9 Å². The molecule has 1 aromatic rings. The highest BCUT2D eigenvalue weighted by atomic mass is 19.4. The van der Waals surface area contributed by atoms with Gasteiger partial charge >= 0.3 is 12.2 Å². The smallest absolute Gasteiger partial charge is 0.402 e. The van der Waals surface area contributed by atoms with Crippen molar-refractivity contribution >= 4 is 11.7 Å². The molecule has 0 heterocycles. The molecule has 0 aliphatic rings. The molecule has 1 rings (SSSR count). The van der Waals surface area contributed by atoms with E-state index in [4.69, 9.17) is 4.74 Å². The van der Waals surface area contributed by atoms with Crippen LogP contribution >= 0.6 is 0 Å². The van der Waals surface area contributed by atoms with E-state index in [0.29, 0.717) is 11.4 Å². The summed E-state index contributed by atoms with van der Waals surface area (Å²) in [6.07, 6.45) is -4.38. The van der Waals surface area contributed by atoms with Gasteiger partial charge in [0, 0.05) is 5.69 Å². The standard InChI is InChI=1S/C10H12F3N3O2/c1-18-8-4-2-7(3-5-8)15-9(17)16-14-6-10(11,12)13/h2-5,14H,6H2,1H3,(H2,15,16,17). The number of rotatable bonds is 4. The van der Waals surface area contributed by atoms with Crippen molar-refractivity contribution in [2.24, 2.45) is 0 Å². The van der Waals surface area contributed by atoms with Gasteiger partial charge in [-0.1, -0.05) is 0 Å². The number of ether oxygens (including phenoxy) is 1. The van der Waals surface area contributed by atoms with E-state index in [9.17, 15) is 18.0 Å². The minimum absolute atomic E-state index is 0.433. The third kappa shape index (κ3) is 5.39. The minimum Gasteiger partial charge on any atom is -0.497 e. The number of carbonyl (C=O) groups excluding carboxylic acids is 1. The molecule has 0 saturated carbocycles. The molecule has 0 aliphatic carbocycles. The van der Waals surface area contributed by atoms with Crippen LogP contribution in [0.4, 0.5) is 23.7 Å². The molecule has 0 radical (unpaired) electrons. The number of methoxy groups -OCH3 is 1. The second-order valence-corrected chi connectivity index (χ2v) is 3.28. The average Bonchev–Trinajstić information content (AvgIpc) is 2.28. The predicted molar refractivity (Wildman–Crippen MR) is 59.2 cm³/mol. The molecule has 0 fully saturated rings. The van der Waals surface area contributed by atoms with Crippen molar-refractivity contribution in [3.63, 3.8) is 0 Å². The van der Waals surface area contributed by atoms with Crippen LogP contribution in [0.25, 0.3) is 0 Å². The Hall–Kier alpha value is -1.96. The van der Waals surface area contributed by atoms with Gasteiger partial charge in [-0.3, -0.25) is 5.43 Å². The van der Waals surface area contributed by atoms with Crippen LogP contribution in [0.2, 0.25) is 0 Å².